The number of nitrogens with zero attached hydrogens (tertiary/aromatic N) is 1. The summed E-state index contributed by atoms with van der Waals surface area (Å²) < 4.78 is 5.62. The van der Waals surface area contributed by atoms with Crippen LogP contribution in [0.25, 0.3) is 11.0 Å². The van der Waals surface area contributed by atoms with Crippen molar-refractivity contribution in [1.29, 1.82) is 0 Å². The molecule has 0 bridgehead atoms. The molecule has 2 unspecified atom stereocenters. The summed E-state index contributed by atoms with van der Waals surface area (Å²) in [6.07, 6.45) is 3.58. The Morgan fingerprint density at radius 2 is 2.24 bits per heavy atom. The maximum absolute atomic E-state index is 12.6. The molecule has 2 heterocycles. The molecule has 1 saturated carbocycles. The Kier molecular flexibility index (Phi) is 4.28. The topological polar surface area (TPSA) is 104 Å². The first-order chi connectivity index (χ1) is 11.8. The monoisotopic (exact) mass is 345 g/mol. The van der Waals surface area contributed by atoms with Crippen molar-refractivity contribution in [2.45, 2.75) is 45.3 Å². The highest BCUT2D eigenvalue weighted by Crippen LogP contribution is 2.51. The maximum atomic E-state index is 12.6. The number of aromatic nitrogens is 2. The Morgan fingerprint density at radius 1 is 1.48 bits per heavy atom. The van der Waals surface area contributed by atoms with Crippen molar-refractivity contribution in [1.82, 2.24) is 15.3 Å². The van der Waals surface area contributed by atoms with E-state index in [9.17, 15) is 14.7 Å². The van der Waals surface area contributed by atoms with Gasteiger partial charge in [-0.1, -0.05) is 13.8 Å². The number of H-pyrrole nitrogens is 1. The molecule has 3 N–H and O–H groups in total. The van der Waals surface area contributed by atoms with Crippen LogP contribution in [-0.4, -0.2) is 45.2 Å². The number of carboxylic acids is 1. The number of nitrogens with one attached hydrogen (secondary N) is 2. The van der Waals surface area contributed by atoms with Crippen LogP contribution >= 0.6 is 0 Å². The molecule has 0 aromatic carbocycles. The minimum Gasteiger partial charge on any atom is -0.479 e. The molecule has 25 heavy (non-hydrogen) atoms. The number of fused-ring (bicyclic) bond motifs is 1. The molecule has 2 atom stereocenters. The first-order valence-electron chi connectivity index (χ1n) is 8.39. The summed E-state index contributed by atoms with van der Waals surface area (Å²) in [6, 6.07) is 3.69. The van der Waals surface area contributed by atoms with Gasteiger partial charge in [-0.2, -0.15) is 0 Å². The molecule has 0 aliphatic heterocycles. The smallest absolute Gasteiger partial charge is 0.330 e. The summed E-state index contributed by atoms with van der Waals surface area (Å²) in [5.41, 5.74) is -0.501. The van der Waals surface area contributed by atoms with Crippen LogP contribution in [0.1, 0.15) is 32.8 Å². The molecular weight excluding hydrogens is 322 g/mol. The van der Waals surface area contributed by atoms with Gasteiger partial charge in [0.1, 0.15) is 11.2 Å². The third kappa shape index (κ3) is 2.68. The third-order valence-electron chi connectivity index (χ3n) is 5.37. The fourth-order valence-corrected chi connectivity index (χ4v) is 3.65. The van der Waals surface area contributed by atoms with Crippen LogP contribution in [0.5, 0.6) is 0 Å². The van der Waals surface area contributed by atoms with Crippen LogP contribution in [0.3, 0.4) is 0 Å². The van der Waals surface area contributed by atoms with Gasteiger partial charge in [0.25, 0.3) is 0 Å². The van der Waals surface area contributed by atoms with Crippen molar-refractivity contribution >= 4 is 22.9 Å². The number of amides is 1. The van der Waals surface area contributed by atoms with Crippen molar-refractivity contribution in [2.24, 2.45) is 5.41 Å². The first kappa shape index (κ1) is 17.4. The van der Waals surface area contributed by atoms with Crippen molar-refractivity contribution in [3.05, 3.63) is 30.1 Å². The molecular formula is C18H23N3O4. The van der Waals surface area contributed by atoms with Gasteiger partial charge in [0.05, 0.1) is 12.5 Å². The fraction of sp³-hybridized carbons (Fsp3) is 0.500. The average Bonchev–Trinajstić information content (AvgIpc) is 2.96. The van der Waals surface area contributed by atoms with E-state index in [4.69, 9.17) is 4.74 Å². The molecule has 2 aromatic heterocycles. The van der Waals surface area contributed by atoms with Gasteiger partial charge in [-0.25, -0.2) is 9.78 Å². The number of aliphatic carboxylic acids is 1. The Bertz CT molecular complexity index is 814. The molecule has 0 radical (unpaired) electrons. The lowest BCUT2D eigenvalue weighted by Gasteiger charge is -2.58. The van der Waals surface area contributed by atoms with E-state index in [1.165, 1.54) is 0 Å². The number of hydrogen-bond donors (Lipinski definition) is 3. The molecule has 7 heteroatoms. The second kappa shape index (κ2) is 6.15. The molecule has 7 nitrogen and oxygen atoms in total. The molecule has 1 aliphatic rings. The van der Waals surface area contributed by atoms with Gasteiger partial charge in [-0.15, -0.1) is 0 Å². The van der Waals surface area contributed by atoms with E-state index < -0.39 is 16.9 Å². The minimum atomic E-state index is -1.31. The number of carbonyl (C=O) groups is 2. The van der Waals surface area contributed by atoms with Crippen molar-refractivity contribution in [3.8, 4) is 0 Å². The van der Waals surface area contributed by atoms with E-state index in [0.29, 0.717) is 12.3 Å². The molecule has 2 aromatic rings. The number of rotatable bonds is 6. The van der Waals surface area contributed by atoms with E-state index in [1.54, 1.807) is 18.5 Å². The Hall–Kier alpha value is -2.41. The lowest BCUT2D eigenvalue weighted by molar-refractivity contribution is -0.194. The van der Waals surface area contributed by atoms with Crippen molar-refractivity contribution < 1.29 is 19.4 Å². The first-order valence-corrected chi connectivity index (χ1v) is 8.39. The van der Waals surface area contributed by atoms with Crippen molar-refractivity contribution in [3.63, 3.8) is 0 Å². The summed E-state index contributed by atoms with van der Waals surface area (Å²) in [5, 5.41) is 13.4. The molecule has 1 amide bonds. The number of carboxylic acid groups (broad SMARTS) is 1. The highest BCUT2D eigenvalue weighted by molar-refractivity contribution is 5.92. The molecule has 3 rings (SSSR count). The van der Waals surface area contributed by atoms with Crippen LogP contribution in [0.15, 0.2) is 24.5 Å². The number of aromatic amines is 1. The van der Waals surface area contributed by atoms with Crippen LogP contribution in [-0.2, 0) is 20.7 Å². The van der Waals surface area contributed by atoms with Crippen LogP contribution in [0, 0.1) is 5.41 Å². The predicted octanol–water partition coefficient (Wildman–Crippen LogP) is 1.88. The zero-order valence-corrected chi connectivity index (χ0v) is 14.6. The highest BCUT2D eigenvalue weighted by atomic mass is 16.5. The molecule has 1 fully saturated rings. The number of carbonyl (C=O) groups excluding carboxylic acids is 1. The second-order valence-corrected chi connectivity index (χ2v) is 7.02. The lowest BCUT2D eigenvalue weighted by Crippen LogP contribution is -2.76. The normalized spacial score (nSPS) is 24.7. The number of ether oxygens (including phenoxy) is 1. The standard InChI is InChI=1S/C18H23N3O4/c1-4-25-13-9-18(16(23)24,17(13,2)3)21-14(22)8-11-10-20-15-12(11)6-5-7-19-15/h5-7,10,13H,4,8-9H2,1-3H3,(H,19,20)(H,21,22)(H,23,24). The van der Waals surface area contributed by atoms with E-state index >= 15 is 0 Å². The average molecular weight is 345 g/mol. The molecule has 0 spiro atoms. The van der Waals surface area contributed by atoms with Gasteiger partial charge in [-0.05, 0) is 24.6 Å². The SMILES string of the molecule is CCOC1CC(NC(=O)Cc2c[nH]c3ncccc23)(C(=O)O)C1(C)C. The van der Waals surface area contributed by atoms with Gasteiger partial charge in [0, 0.05) is 36.2 Å². The lowest BCUT2D eigenvalue weighted by atomic mass is 9.54. The van der Waals surface area contributed by atoms with Crippen LogP contribution in [0.2, 0.25) is 0 Å². The quantitative estimate of drug-likeness (QED) is 0.741. The van der Waals surface area contributed by atoms with E-state index in [2.05, 4.69) is 15.3 Å². The Balaban J connectivity index is 1.78. The fourth-order valence-electron chi connectivity index (χ4n) is 3.65. The summed E-state index contributed by atoms with van der Waals surface area (Å²) >= 11 is 0. The predicted molar refractivity (Wildman–Crippen MR) is 92.1 cm³/mol. The largest absolute Gasteiger partial charge is 0.479 e. The van der Waals surface area contributed by atoms with Gasteiger partial charge in [0.2, 0.25) is 5.91 Å². The number of pyridine rings is 1. The molecule has 0 saturated heterocycles. The summed E-state index contributed by atoms with van der Waals surface area (Å²) in [5.74, 6) is -1.35. The Labute approximate surface area is 145 Å². The molecule has 134 valence electrons. The van der Waals surface area contributed by atoms with E-state index in [1.807, 2.05) is 26.8 Å². The summed E-state index contributed by atoms with van der Waals surface area (Å²) in [7, 11) is 0. The van der Waals surface area contributed by atoms with Gasteiger partial charge in [0.15, 0.2) is 0 Å². The van der Waals surface area contributed by atoms with Crippen molar-refractivity contribution in [2.75, 3.05) is 6.61 Å². The van der Waals surface area contributed by atoms with Gasteiger partial charge < -0.3 is 20.1 Å². The summed E-state index contributed by atoms with van der Waals surface area (Å²) in [6.45, 7) is 6.03. The zero-order chi connectivity index (χ0) is 18.2. The minimum absolute atomic E-state index is 0.0934. The molecule has 1 aliphatic carbocycles. The Morgan fingerprint density at radius 3 is 2.88 bits per heavy atom. The second-order valence-electron chi connectivity index (χ2n) is 7.02. The van der Waals surface area contributed by atoms with Crippen LogP contribution in [0.4, 0.5) is 0 Å². The third-order valence-corrected chi connectivity index (χ3v) is 5.37. The zero-order valence-electron chi connectivity index (χ0n) is 14.6. The van der Waals surface area contributed by atoms with Gasteiger partial charge in [-0.3, -0.25) is 4.79 Å². The van der Waals surface area contributed by atoms with E-state index in [0.717, 1.165) is 10.9 Å². The van der Waals surface area contributed by atoms with E-state index in [-0.39, 0.29) is 24.9 Å². The summed E-state index contributed by atoms with van der Waals surface area (Å²) in [4.78, 5) is 31.7. The highest BCUT2D eigenvalue weighted by Gasteiger charge is 2.66. The number of hydrogen-bond acceptors (Lipinski definition) is 4. The van der Waals surface area contributed by atoms with Gasteiger partial charge >= 0.3 is 5.97 Å². The maximum Gasteiger partial charge on any atom is 0.330 e. The van der Waals surface area contributed by atoms with Crippen LogP contribution < -0.4 is 5.32 Å².